The number of nitrogens with one attached hydrogen (secondary N) is 1. The molecule has 0 aromatic heterocycles. The number of carboxylic acids is 1. The molecule has 2 N–H and O–H groups in total. The molecule has 0 fully saturated rings. The molecule has 0 spiro atoms. The largest absolute Gasteiger partial charge is 0.480 e. The van der Waals surface area contributed by atoms with E-state index in [1.807, 2.05) is 0 Å². The third kappa shape index (κ3) is 5.86. The maximum atomic E-state index is 11.6. The number of hydrogen-bond acceptors (Lipinski definition) is 3. The fourth-order valence-corrected chi connectivity index (χ4v) is 1.53. The van der Waals surface area contributed by atoms with Gasteiger partial charge < -0.3 is 20.2 Å². The van der Waals surface area contributed by atoms with Gasteiger partial charge in [-0.1, -0.05) is 13.8 Å². The highest BCUT2D eigenvalue weighted by atomic mass is 16.4. The van der Waals surface area contributed by atoms with E-state index >= 15 is 0 Å². The van der Waals surface area contributed by atoms with E-state index in [0.29, 0.717) is 6.54 Å². The second-order valence-corrected chi connectivity index (χ2v) is 4.29. The lowest BCUT2D eigenvalue weighted by Crippen LogP contribution is -2.47. The van der Waals surface area contributed by atoms with Gasteiger partial charge in [0.2, 0.25) is 0 Å². The minimum absolute atomic E-state index is 0.350. The monoisotopic (exact) mass is 259 g/mol. The van der Waals surface area contributed by atoms with Gasteiger partial charge in [-0.15, -0.1) is 0 Å². The van der Waals surface area contributed by atoms with Crippen LogP contribution in [0.5, 0.6) is 0 Å². The summed E-state index contributed by atoms with van der Waals surface area (Å²) in [6.45, 7) is 8.95. The maximum absolute atomic E-state index is 11.6. The van der Waals surface area contributed by atoms with Crippen molar-refractivity contribution in [3.05, 3.63) is 0 Å². The van der Waals surface area contributed by atoms with Crippen LogP contribution in [0, 0.1) is 0 Å². The Hall–Kier alpha value is -1.30. The minimum atomic E-state index is -1.01. The van der Waals surface area contributed by atoms with Crippen LogP contribution in [-0.4, -0.2) is 66.2 Å². The Morgan fingerprint density at radius 1 is 1.28 bits per heavy atom. The lowest BCUT2D eigenvalue weighted by atomic mass is 10.3. The molecular weight excluding hydrogens is 234 g/mol. The zero-order chi connectivity index (χ0) is 14.1. The summed E-state index contributed by atoms with van der Waals surface area (Å²) in [5.74, 6) is -1.01. The fourth-order valence-electron chi connectivity index (χ4n) is 1.53. The second-order valence-electron chi connectivity index (χ2n) is 4.29. The van der Waals surface area contributed by atoms with Crippen molar-refractivity contribution < 1.29 is 14.7 Å². The third-order valence-electron chi connectivity index (χ3n) is 2.95. The summed E-state index contributed by atoms with van der Waals surface area (Å²) in [5.41, 5.74) is 0. The SMILES string of the molecule is CCCN(CC)CCNC(=O)N(C)C(C)C(=O)O. The van der Waals surface area contributed by atoms with Crippen LogP contribution in [0.2, 0.25) is 0 Å². The summed E-state index contributed by atoms with van der Waals surface area (Å²) in [6, 6.07) is -1.17. The van der Waals surface area contributed by atoms with Crippen LogP contribution in [0.25, 0.3) is 0 Å². The van der Waals surface area contributed by atoms with Crippen molar-refractivity contribution in [2.45, 2.75) is 33.2 Å². The molecular formula is C12H25N3O3. The number of carbonyl (C=O) groups excluding carboxylic acids is 1. The number of urea groups is 1. The van der Waals surface area contributed by atoms with Crippen LogP contribution in [0.3, 0.4) is 0 Å². The van der Waals surface area contributed by atoms with Crippen LogP contribution in [0.4, 0.5) is 4.79 Å². The van der Waals surface area contributed by atoms with Gasteiger partial charge >= 0.3 is 12.0 Å². The molecule has 2 amide bonds. The van der Waals surface area contributed by atoms with E-state index in [0.717, 1.165) is 26.1 Å². The Kier molecular flexibility index (Phi) is 8.11. The Morgan fingerprint density at radius 3 is 2.33 bits per heavy atom. The molecule has 6 nitrogen and oxygen atoms in total. The number of aliphatic carboxylic acids is 1. The van der Waals surface area contributed by atoms with Crippen molar-refractivity contribution in [2.24, 2.45) is 0 Å². The molecule has 1 atom stereocenters. The molecule has 0 aliphatic carbocycles. The number of hydrogen-bond donors (Lipinski definition) is 2. The van der Waals surface area contributed by atoms with E-state index < -0.39 is 12.0 Å². The van der Waals surface area contributed by atoms with E-state index in [1.165, 1.54) is 18.9 Å². The van der Waals surface area contributed by atoms with E-state index in [1.54, 1.807) is 0 Å². The number of amides is 2. The molecule has 0 rings (SSSR count). The van der Waals surface area contributed by atoms with Crippen LogP contribution in [-0.2, 0) is 4.79 Å². The van der Waals surface area contributed by atoms with Gasteiger partial charge in [0.1, 0.15) is 6.04 Å². The van der Waals surface area contributed by atoms with Crippen LogP contribution in [0.1, 0.15) is 27.2 Å². The second kappa shape index (κ2) is 8.74. The summed E-state index contributed by atoms with van der Waals surface area (Å²) in [4.78, 5) is 25.8. The molecule has 0 aromatic carbocycles. The minimum Gasteiger partial charge on any atom is -0.480 e. The van der Waals surface area contributed by atoms with E-state index in [9.17, 15) is 9.59 Å². The van der Waals surface area contributed by atoms with Crippen molar-refractivity contribution in [2.75, 3.05) is 33.2 Å². The van der Waals surface area contributed by atoms with Gasteiger partial charge in [0.25, 0.3) is 0 Å². The van der Waals surface area contributed by atoms with Gasteiger partial charge in [0.05, 0.1) is 0 Å². The van der Waals surface area contributed by atoms with Crippen molar-refractivity contribution in [1.82, 2.24) is 15.1 Å². The van der Waals surface area contributed by atoms with Gasteiger partial charge in [-0.25, -0.2) is 9.59 Å². The predicted molar refractivity (Wildman–Crippen MR) is 70.7 cm³/mol. The zero-order valence-corrected chi connectivity index (χ0v) is 11.8. The molecule has 0 aliphatic heterocycles. The summed E-state index contributed by atoms with van der Waals surface area (Å²) < 4.78 is 0. The molecule has 0 saturated heterocycles. The number of nitrogens with zero attached hydrogens (tertiary/aromatic N) is 2. The van der Waals surface area contributed by atoms with Gasteiger partial charge in [-0.05, 0) is 26.4 Å². The van der Waals surface area contributed by atoms with Gasteiger partial charge in [0.15, 0.2) is 0 Å². The Labute approximate surface area is 109 Å². The molecule has 18 heavy (non-hydrogen) atoms. The smallest absolute Gasteiger partial charge is 0.326 e. The number of rotatable bonds is 8. The summed E-state index contributed by atoms with van der Waals surface area (Å²) >= 11 is 0. The average Bonchev–Trinajstić information content (AvgIpc) is 2.35. The number of carboxylic acid groups (broad SMARTS) is 1. The standard InChI is InChI=1S/C12H25N3O3/c1-5-8-15(6-2)9-7-13-12(18)14(4)10(3)11(16)17/h10H,5-9H2,1-4H3,(H,13,18)(H,16,17). The lowest BCUT2D eigenvalue weighted by molar-refractivity contribution is -0.141. The van der Waals surface area contributed by atoms with Crippen molar-refractivity contribution >= 4 is 12.0 Å². The first kappa shape index (κ1) is 16.7. The third-order valence-corrected chi connectivity index (χ3v) is 2.95. The Balaban J connectivity index is 3.99. The highest BCUT2D eigenvalue weighted by Crippen LogP contribution is 1.96. The molecule has 0 bridgehead atoms. The highest BCUT2D eigenvalue weighted by molar-refractivity contribution is 5.82. The van der Waals surface area contributed by atoms with Gasteiger partial charge in [-0.3, -0.25) is 0 Å². The van der Waals surface area contributed by atoms with Crippen LogP contribution in [0.15, 0.2) is 0 Å². The molecule has 0 heterocycles. The first-order valence-electron chi connectivity index (χ1n) is 6.39. The molecule has 0 saturated carbocycles. The first-order valence-corrected chi connectivity index (χ1v) is 6.39. The molecule has 6 heteroatoms. The molecule has 0 radical (unpaired) electrons. The number of carbonyl (C=O) groups is 2. The van der Waals surface area contributed by atoms with Crippen molar-refractivity contribution in [1.29, 1.82) is 0 Å². The van der Waals surface area contributed by atoms with Crippen LogP contribution >= 0.6 is 0 Å². The average molecular weight is 259 g/mol. The molecule has 0 aromatic rings. The topological polar surface area (TPSA) is 72.9 Å². The Bertz CT molecular complexity index is 271. The Morgan fingerprint density at radius 2 is 1.89 bits per heavy atom. The highest BCUT2D eigenvalue weighted by Gasteiger charge is 2.21. The lowest BCUT2D eigenvalue weighted by Gasteiger charge is -2.24. The first-order chi connectivity index (χ1) is 8.43. The molecule has 0 aliphatic rings. The van der Waals surface area contributed by atoms with Gasteiger partial charge in [-0.2, -0.15) is 0 Å². The van der Waals surface area contributed by atoms with E-state index in [-0.39, 0.29) is 6.03 Å². The van der Waals surface area contributed by atoms with Crippen molar-refractivity contribution in [3.63, 3.8) is 0 Å². The normalized spacial score (nSPS) is 12.3. The van der Waals surface area contributed by atoms with E-state index in [4.69, 9.17) is 5.11 Å². The van der Waals surface area contributed by atoms with Crippen LogP contribution < -0.4 is 5.32 Å². The molecule has 106 valence electrons. The van der Waals surface area contributed by atoms with E-state index in [2.05, 4.69) is 24.1 Å². The fraction of sp³-hybridized carbons (Fsp3) is 0.833. The molecule has 1 unspecified atom stereocenters. The maximum Gasteiger partial charge on any atom is 0.326 e. The quantitative estimate of drug-likeness (QED) is 0.677. The van der Waals surface area contributed by atoms with Crippen molar-refractivity contribution in [3.8, 4) is 0 Å². The summed E-state index contributed by atoms with van der Waals surface area (Å²) in [5, 5.41) is 11.5. The van der Waals surface area contributed by atoms with Gasteiger partial charge in [0, 0.05) is 20.1 Å². The summed E-state index contributed by atoms with van der Waals surface area (Å²) in [6.07, 6.45) is 1.08. The predicted octanol–water partition coefficient (Wildman–Crippen LogP) is 0.833. The zero-order valence-electron chi connectivity index (χ0n) is 11.8. The summed E-state index contributed by atoms with van der Waals surface area (Å²) in [7, 11) is 1.48. The number of likely N-dealkylation sites (N-methyl/N-ethyl adjacent to an activating group) is 2.